The number of pyridine rings is 1. The molecule has 0 atom stereocenters. The molecule has 0 aliphatic rings. The predicted molar refractivity (Wildman–Crippen MR) is 83.3 cm³/mol. The highest BCUT2D eigenvalue weighted by Crippen LogP contribution is 2.20. The summed E-state index contributed by atoms with van der Waals surface area (Å²) < 4.78 is 7.10. The summed E-state index contributed by atoms with van der Waals surface area (Å²) in [5, 5.41) is 4.31. The summed E-state index contributed by atoms with van der Waals surface area (Å²) in [5.74, 6) is 0. The molecule has 1 aromatic heterocycles. The molecule has 0 bridgehead atoms. The van der Waals surface area contributed by atoms with Crippen molar-refractivity contribution in [2.45, 2.75) is 6.42 Å². The fourth-order valence-electron chi connectivity index (χ4n) is 2.08. The van der Waals surface area contributed by atoms with Crippen LogP contribution in [0.15, 0.2) is 47.8 Å². The molecule has 0 unspecified atom stereocenters. The number of benzene rings is 1. The Kier molecular flexibility index (Phi) is 4.96. The van der Waals surface area contributed by atoms with Crippen molar-refractivity contribution in [3.63, 3.8) is 0 Å². The van der Waals surface area contributed by atoms with Gasteiger partial charge in [-0.1, -0.05) is 24.3 Å². The lowest BCUT2D eigenvalue weighted by atomic mass is 10.2. The molecule has 20 heavy (non-hydrogen) atoms. The fourth-order valence-corrected chi connectivity index (χ4v) is 2.08. The third-order valence-corrected chi connectivity index (χ3v) is 3.18. The third-order valence-electron chi connectivity index (χ3n) is 3.18. The van der Waals surface area contributed by atoms with E-state index >= 15 is 0 Å². The molecule has 0 spiro atoms. The number of aryl methyl sites for hydroxylation is 1. The molecule has 0 amide bonds. The predicted octanol–water partition coefficient (Wildman–Crippen LogP) is 2.54. The van der Waals surface area contributed by atoms with Gasteiger partial charge in [0.25, 0.3) is 5.56 Å². The average Bonchev–Trinajstić information content (AvgIpc) is 2.47. The number of hydrogen-bond acceptors (Lipinski definition) is 3. The van der Waals surface area contributed by atoms with Gasteiger partial charge in [0.15, 0.2) is 0 Å². The molecular formula is C16H20N2O2. The Morgan fingerprint density at radius 2 is 2.15 bits per heavy atom. The van der Waals surface area contributed by atoms with Gasteiger partial charge in [0.2, 0.25) is 0 Å². The minimum absolute atomic E-state index is 0.0150. The van der Waals surface area contributed by atoms with Crippen molar-refractivity contribution in [3.05, 3.63) is 53.3 Å². The first-order valence-corrected chi connectivity index (χ1v) is 6.75. The van der Waals surface area contributed by atoms with E-state index in [4.69, 9.17) is 4.74 Å². The van der Waals surface area contributed by atoms with Crippen LogP contribution in [0.2, 0.25) is 0 Å². The molecule has 1 aromatic carbocycles. The molecule has 1 N–H and O–H groups in total. The van der Waals surface area contributed by atoms with Crippen LogP contribution in [-0.4, -0.2) is 24.3 Å². The second kappa shape index (κ2) is 6.91. The third kappa shape index (κ3) is 3.27. The van der Waals surface area contributed by atoms with Crippen molar-refractivity contribution in [2.75, 3.05) is 25.1 Å². The number of nitrogens with one attached hydrogen (secondary N) is 1. The Morgan fingerprint density at radius 3 is 2.95 bits per heavy atom. The maximum atomic E-state index is 11.9. The summed E-state index contributed by atoms with van der Waals surface area (Å²) in [4.78, 5) is 11.9. The number of nitrogens with zero attached hydrogens (tertiary/aromatic N) is 1. The first kappa shape index (κ1) is 14.3. The number of aromatic nitrogens is 1. The highest BCUT2D eigenvalue weighted by atomic mass is 16.5. The number of rotatable bonds is 7. The molecule has 0 saturated carbocycles. The molecular weight excluding hydrogens is 252 g/mol. The van der Waals surface area contributed by atoms with Gasteiger partial charge in [-0.2, -0.15) is 0 Å². The van der Waals surface area contributed by atoms with Crippen molar-refractivity contribution >= 4 is 16.6 Å². The highest BCUT2D eigenvalue weighted by Gasteiger charge is 2.05. The van der Waals surface area contributed by atoms with Gasteiger partial charge in [-0.15, -0.1) is 6.58 Å². The van der Waals surface area contributed by atoms with Crippen molar-refractivity contribution < 1.29 is 4.74 Å². The van der Waals surface area contributed by atoms with E-state index < -0.39 is 0 Å². The van der Waals surface area contributed by atoms with Gasteiger partial charge < -0.3 is 14.6 Å². The fraction of sp³-hybridized carbons (Fsp3) is 0.312. The van der Waals surface area contributed by atoms with Crippen LogP contribution in [0, 0.1) is 0 Å². The van der Waals surface area contributed by atoms with E-state index in [1.807, 2.05) is 30.3 Å². The zero-order valence-electron chi connectivity index (χ0n) is 11.8. The molecule has 0 aliphatic heterocycles. The van der Waals surface area contributed by atoms with Crippen LogP contribution >= 0.6 is 0 Å². The second-order valence-electron chi connectivity index (χ2n) is 4.59. The highest BCUT2D eigenvalue weighted by molar-refractivity contribution is 5.91. The lowest BCUT2D eigenvalue weighted by Gasteiger charge is -2.12. The summed E-state index contributed by atoms with van der Waals surface area (Å²) in [6.07, 6.45) is 2.69. The Bertz CT molecular complexity index is 646. The largest absolute Gasteiger partial charge is 0.382 e. The van der Waals surface area contributed by atoms with Gasteiger partial charge in [0.1, 0.15) is 0 Å². The molecule has 4 heteroatoms. The summed E-state index contributed by atoms with van der Waals surface area (Å²) in [6, 6.07) is 9.49. The first-order chi connectivity index (χ1) is 9.74. The van der Waals surface area contributed by atoms with E-state index in [0.717, 1.165) is 23.0 Å². The molecule has 0 fully saturated rings. The summed E-state index contributed by atoms with van der Waals surface area (Å²) in [6.45, 7) is 5.61. The van der Waals surface area contributed by atoms with Crippen LogP contribution in [0.1, 0.15) is 6.42 Å². The number of anilines is 1. The molecule has 0 aliphatic carbocycles. The Balaban J connectivity index is 2.08. The van der Waals surface area contributed by atoms with Crippen LogP contribution in [-0.2, 0) is 11.8 Å². The van der Waals surface area contributed by atoms with Gasteiger partial charge >= 0.3 is 0 Å². The van der Waals surface area contributed by atoms with Crippen LogP contribution in [0.5, 0.6) is 0 Å². The Hall–Kier alpha value is -2.07. The molecule has 4 nitrogen and oxygen atoms in total. The van der Waals surface area contributed by atoms with Crippen LogP contribution < -0.4 is 10.9 Å². The number of ether oxygens (including phenoxy) is 1. The van der Waals surface area contributed by atoms with Gasteiger partial charge in [-0.3, -0.25) is 4.79 Å². The Labute approximate surface area is 118 Å². The number of fused-ring (bicyclic) bond motifs is 1. The maximum Gasteiger partial charge on any atom is 0.252 e. The zero-order valence-corrected chi connectivity index (χ0v) is 11.8. The van der Waals surface area contributed by atoms with Gasteiger partial charge in [0.05, 0.1) is 18.7 Å². The van der Waals surface area contributed by atoms with E-state index in [1.165, 1.54) is 0 Å². The standard InChI is InChI=1S/C16H20N2O2/c1-3-4-10-20-11-9-17-14-12-16(19)18(2)15-8-6-5-7-13(14)15/h3,5-8,12,17H,1,4,9-11H2,2H3. The lowest BCUT2D eigenvalue weighted by molar-refractivity contribution is 0.149. The molecule has 0 saturated heterocycles. The monoisotopic (exact) mass is 272 g/mol. The van der Waals surface area contributed by atoms with E-state index in [-0.39, 0.29) is 5.56 Å². The summed E-state index contributed by atoms with van der Waals surface area (Å²) >= 11 is 0. The molecule has 0 radical (unpaired) electrons. The zero-order chi connectivity index (χ0) is 14.4. The van der Waals surface area contributed by atoms with E-state index in [0.29, 0.717) is 19.8 Å². The van der Waals surface area contributed by atoms with Gasteiger partial charge in [-0.25, -0.2) is 0 Å². The first-order valence-electron chi connectivity index (χ1n) is 6.75. The SMILES string of the molecule is C=CCCOCCNc1cc(=O)n(C)c2ccccc12. The molecule has 2 aromatic rings. The van der Waals surface area contributed by atoms with Crippen molar-refractivity contribution in [1.82, 2.24) is 4.57 Å². The minimum atomic E-state index is -0.0150. The smallest absolute Gasteiger partial charge is 0.252 e. The summed E-state index contributed by atoms with van der Waals surface area (Å²) in [5.41, 5.74) is 1.77. The van der Waals surface area contributed by atoms with Crippen molar-refractivity contribution in [3.8, 4) is 0 Å². The van der Waals surface area contributed by atoms with Crippen LogP contribution in [0.25, 0.3) is 10.9 Å². The molecule has 1 heterocycles. The summed E-state index contributed by atoms with van der Waals surface area (Å²) in [7, 11) is 1.78. The van der Waals surface area contributed by atoms with Gasteiger partial charge in [-0.05, 0) is 12.5 Å². The maximum absolute atomic E-state index is 11.9. The van der Waals surface area contributed by atoms with E-state index in [1.54, 1.807) is 17.7 Å². The van der Waals surface area contributed by atoms with Crippen LogP contribution in [0.3, 0.4) is 0 Å². The number of para-hydroxylation sites is 1. The molecule has 2 rings (SSSR count). The minimum Gasteiger partial charge on any atom is -0.382 e. The topological polar surface area (TPSA) is 43.3 Å². The quantitative estimate of drug-likeness (QED) is 0.622. The molecule has 106 valence electrons. The van der Waals surface area contributed by atoms with Gasteiger partial charge in [0, 0.05) is 30.7 Å². The second-order valence-corrected chi connectivity index (χ2v) is 4.59. The van der Waals surface area contributed by atoms with E-state index in [2.05, 4.69) is 11.9 Å². The van der Waals surface area contributed by atoms with Crippen LogP contribution in [0.4, 0.5) is 5.69 Å². The van der Waals surface area contributed by atoms with Crippen molar-refractivity contribution in [1.29, 1.82) is 0 Å². The average molecular weight is 272 g/mol. The van der Waals surface area contributed by atoms with E-state index in [9.17, 15) is 4.79 Å². The lowest BCUT2D eigenvalue weighted by Crippen LogP contribution is -2.18. The normalized spacial score (nSPS) is 10.7. The van der Waals surface area contributed by atoms with Crippen molar-refractivity contribution in [2.24, 2.45) is 7.05 Å². The Morgan fingerprint density at radius 1 is 1.35 bits per heavy atom. The number of hydrogen-bond donors (Lipinski definition) is 1.